The number of hydrogen-bond donors (Lipinski definition) is 1. The Morgan fingerprint density at radius 3 is 2.67 bits per heavy atom. The maximum Gasteiger partial charge on any atom is 0.240 e. The van der Waals surface area contributed by atoms with E-state index in [0.29, 0.717) is 12.5 Å². The van der Waals surface area contributed by atoms with Gasteiger partial charge < -0.3 is 24.3 Å². The van der Waals surface area contributed by atoms with Crippen LogP contribution in [0.3, 0.4) is 0 Å². The van der Waals surface area contributed by atoms with Crippen LogP contribution in [0.1, 0.15) is 31.4 Å². The molecule has 1 N–H and O–H groups in total. The normalized spacial score (nSPS) is 25.8. The third-order valence-corrected chi connectivity index (χ3v) is 6.40. The summed E-state index contributed by atoms with van der Waals surface area (Å²) in [6.45, 7) is 6.44. The molecule has 0 saturated carbocycles. The van der Waals surface area contributed by atoms with Crippen LogP contribution in [0.25, 0.3) is 0 Å². The number of likely N-dealkylation sites (N-methyl/N-ethyl adjacent to an activating group) is 1. The van der Waals surface area contributed by atoms with E-state index in [2.05, 4.69) is 22.2 Å². The van der Waals surface area contributed by atoms with E-state index in [1.807, 2.05) is 17.0 Å². The van der Waals surface area contributed by atoms with Gasteiger partial charge in [0.1, 0.15) is 5.76 Å². The molecule has 4 rings (SSSR count). The summed E-state index contributed by atoms with van der Waals surface area (Å²) in [5.74, 6) is 2.18. The molecule has 4 heterocycles. The summed E-state index contributed by atoms with van der Waals surface area (Å²) in [6.07, 6.45) is 7.06. The number of nitrogens with one attached hydrogen (secondary N) is 1. The molecule has 0 radical (unpaired) electrons. The lowest BCUT2D eigenvalue weighted by Gasteiger charge is -2.38. The van der Waals surface area contributed by atoms with Crippen LogP contribution < -0.4 is 5.32 Å². The monoisotopic (exact) mass is 417 g/mol. The highest BCUT2D eigenvalue weighted by molar-refractivity contribution is 5.83. The first kappa shape index (κ1) is 21.2. The molecule has 1 aromatic heterocycles. The molecule has 0 aromatic carbocycles. The van der Waals surface area contributed by atoms with Gasteiger partial charge >= 0.3 is 0 Å². The van der Waals surface area contributed by atoms with E-state index >= 15 is 0 Å². The van der Waals surface area contributed by atoms with Gasteiger partial charge in [0.15, 0.2) is 5.96 Å². The van der Waals surface area contributed by atoms with Crippen LogP contribution in [0.4, 0.5) is 0 Å². The Morgan fingerprint density at radius 1 is 1.17 bits per heavy atom. The number of aliphatic imine (C=N–C) groups is 1. The lowest BCUT2D eigenvalue weighted by molar-refractivity contribution is -0.136. The molecule has 0 spiro atoms. The standard InChI is InChI=1S/C22H35N5O3/c1-25-10-2-7-20(25)21(28)26-11-13-27(14-12-26)22(24-17-19-6-4-16-30-19)23-9-8-18-5-3-15-29-18/h3,5,15,19-20H,2,4,6-14,16-17H2,1H3,(H,23,24). The molecule has 3 aliphatic rings. The molecule has 166 valence electrons. The molecule has 0 bridgehead atoms. The van der Waals surface area contributed by atoms with Crippen LogP contribution in [-0.4, -0.2) is 98.2 Å². The van der Waals surface area contributed by atoms with Gasteiger partial charge in [0.2, 0.25) is 5.91 Å². The molecule has 1 aromatic rings. The molecule has 8 nitrogen and oxygen atoms in total. The number of rotatable bonds is 6. The predicted molar refractivity (Wildman–Crippen MR) is 115 cm³/mol. The number of hydrogen-bond acceptors (Lipinski definition) is 5. The van der Waals surface area contributed by atoms with Gasteiger partial charge in [-0.3, -0.25) is 14.7 Å². The molecule has 2 atom stereocenters. The zero-order chi connectivity index (χ0) is 20.8. The third kappa shape index (κ3) is 5.35. The maximum absolute atomic E-state index is 12.9. The Morgan fingerprint density at radius 2 is 2.00 bits per heavy atom. The summed E-state index contributed by atoms with van der Waals surface area (Å²) in [6, 6.07) is 3.98. The van der Waals surface area contributed by atoms with Gasteiger partial charge in [-0.15, -0.1) is 0 Å². The van der Waals surface area contributed by atoms with Crippen molar-refractivity contribution in [2.45, 2.75) is 44.2 Å². The number of nitrogens with zero attached hydrogens (tertiary/aromatic N) is 4. The van der Waals surface area contributed by atoms with Crippen LogP contribution in [0.15, 0.2) is 27.8 Å². The molecule has 3 saturated heterocycles. The van der Waals surface area contributed by atoms with Crippen molar-refractivity contribution in [2.75, 3.05) is 59.5 Å². The van der Waals surface area contributed by atoms with E-state index in [1.165, 1.54) is 0 Å². The smallest absolute Gasteiger partial charge is 0.240 e. The van der Waals surface area contributed by atoms with Gasteiger partial charge in [-0.25, -0.2) is 0 Å². The minimum absolute atomic E-state index is 0.0654. The van der Waals surface area contributed by atoms with E-state index in [0.717, 1.165) is 89.7 Å². The van der Waals surface area contributed by atoms with Gasteiger partial charge in [-0.1, -0.05) is 0 Å². The van der Waals surface area contributed by atoms with E-state index < -0.39 is 0 Å². The summed E-state index contributed by atoms with van der Waals surface area (Å²) in [7, 11) is 2.06. The molecular formula is C22H35N5O3. The number of carbonyl (C=O) groups is 1. The van der Waals surface area contributed by atoms with Crippen molar-refractivity contribution in [1.82, 2.24) is 20.0 Å². The van der Waals surface area contributed by atoms with Crippen LogP contribution in [0, 0.1) is 0 Å². The van der Waals surface area contributed by atoms with Crippen molar-refractivity contribution >= 4 is 11.9 Å². The molecule has 3 aliphatic heterocycles. The van der Waals surface area contributed by atoms with Crippen molar-refractivity contribution in [1.29, 1.82) is 0 Å². The van der Waals surface area contributed by atoms with E-state index in [4.69, 9.17) is 14.1 Å². The average Bonchev–Trinajstić information content (AvgIpc) is 3.53. The van der Waals surface area contributed by atoms with E-state index in [1.54, 1.807) is 6.26 Å². The fraction of sp³-hybridized carbons (Fsp3) is 0.727. The van der Waals surface area contributed by atoms with Crippen molar-refractivity contribution in [3.8, 4) is 0 Å². The highest BCUT2D eigenvalue weighted by Crippen LogP contribution is 2.18. The highest BCUT2D eigenvalue weighted by Gasteiger charge is 2.33. The predicted octanol–water partition coefficient (Wildman–Crippen LogP) is 1.19. The Hall–Kier alpha value is -2.06. The number of guanidine groups is 1. The number of ether oxygens (including phenoxy) is 1. The second-order valence-electron chi connectivity index (χ2n) is 8.51. The SMILES string of the molecule is CN1CCCC1C(=O)N1CCN(C(=NCC2CCCO2)NCCc2ccco2)CC1. The zero-order valence-corrected chi connectivity index (χ0v) is 18.1. The zero-order valence-electron chi connectivity index (χ0n) is 18.1. The molecular weight excluding hydrogens is 382 g/mol. The largest absolute Gasteiger partial charge is 0.469 e. The van der Waals surface area contributed by atoms with Crippen molar-refractivity contribution in [2.24, 2.45) is 4.99 Å². The van der Waals surface area contributed by atoms with Gasteiger partial charge in [0, 0.05) is 45.8 Å². The number of amides is 1. The average molecular weight is 418 g/mol. The molecule has 0 aliphatic carbocycles. The third-order valence-electron chi connectivity index (χ3n) is 6.40. The summed E-state index contributed by atoms with van der Waals surface area (Å²) in [5.41, 5.74) is 0. The van der Waals surface area contributed by atoms with E-state index in [9.17, 15) is 4.79 Å². The van der Waals surface area contributed by atoms with Gasteiger partial charge in [0.25, 0.3) is 0 Å². The topological polar surface area (TPSA) is 73.6 Å². The lowest BCUT2D eigenvalue weighted by Crippen LogP contribution is -2.56. The van der Waals surface area contributed by atoms with Gasteiger partial charge in [-0.2, -0.15) is 0 Å². The Balaban J connectivity index is 1.31. The first-order chi connectivity index (χ1) is 14.7. The van der Waals surface area contributed by atoms with Crippen LogP contribution in [0.2, 0.25) is 0 Å². The number of carbonyl (C=O) groups excluding carboxylic acids is 1. The minimum atomic E-state index is 0.0654. The van der Waals surface area contributed by atoms with Crippen LogP contribution in [0.5, 0.6) is 0 Å². The molecule has 1 amide bonds. The van der Waals surface area contributed by atoms with Crippen LogP contribution >= 0.6 is 0 Å². The van der Waals surface area contributed by atoms with Gasteiger partial charge in [-0.05, 0) is 51.4 Å². The fourth-order valence-electron chi connectivity index (χ4n) is 4.57. The molecule has 8 heteroatoms. The summed E-state index contributed by atoms with van der Waals surface area (Å²) in [4.78, 5) is 24.3. The first-order valence-corrected chi connectivity index (χ1v) is 11.4. The van der Waals surface area contributed by atoms with Crippen molar-refractivity contribution < 1.29 is 13.9 Å². The maximum atomic E-state index is 12.9. The summed E-state index contributed by atoms with van der Waals surface area (Å²) < 4.78 is 11.2. The fourth-order valence-corrected chi connectivity index (χ4v) is 4.57. The van der Waals surface area contributed by atoms with Crippen molar-refractivity contribution in [3.63, 3.8) is 0 Å². The molecule has 30 heavy (non-hydrogen) atoms. The first-order valence-electron chi connectivity index (χ1n) is 11.4. The lowest BCUT2D eigenvalue weighted by atomic mass is 10.1. The minimum Gasteiger partial charge on any atom is -0.469 e. The van der Waals surface area contributed by atoms with Gasteiger partial charge in [0.05, 0.1) is 25.0 Å². The number of piperazine rings is 1. The Bertz CT molecular complexity index is 694. The number of likely N-dealkylation sites (tertiary alicyclic amines) is 1. The van der Waals surface area contributed by atoms with E-state index in [-0.39, 0.29) is 12.1 Å². The second kappa shape index (κ2) is 10.3. The quantitative estimate of drug-likeness (QED) is 0.554. The summed E-state index contributed by atoms with van der Waals surface area (Å²) >= 11 is 0. The number of furan rings is 1. The Kier molecular flexibility index (Phi) is 7.28. The molecule has 2 unspecified atom stereocenters. The summed E-state index contributed by atoms with van der Waals surface area (Å²) in [5, 5.41) is 3.51. The Labute approximate surface area is 179 Å². The van der Waals surface area contributed by atoms with Crippen molar-refractivity contribution in [3.05, 3.63) is 24.2 Å². The highest BCUT2D eigenvalue weighted by atomic mass is 16.5. The second-order valence-corrected chi connectivity index (χ2v) is 8.51. The molecule has 3 fully saturated rings. The van der Waals surface area contributed by atoms with Crippen LogP contribution in [-0.2, 0) is 16.0 Å².